The van der Waals surface area contributed by atoms with Crippen LogP contribution in [0.2, 0.25) is 0 Å². The third-order valence-electron chi connectivity index (χ3n) is 8.80. The molecule has 1 saturated carbocycles. The van der Waals surface area contributed by atoms with Crippen molar-refractivity contribution < 1.29 is 0 Å². The summed E-state index contributed by atoms with van der Waals surface area (Å²) in [6.07, 6.45) is 5.18. The Bertz CT molecular complexity index is 1140. The van der Waals surface area contributed by atoms with Crippen LogP contribution in [0.4, 0.5) is 0 Å². The molecule has 1 aliphatic rings. The second kappa shape index (κ2) is 11.0. The fraction of sp³-hybridized carbons (Fsp3) is 0.294. The van der Waals surface area contributed by atoms with Crippen LogP contribution in [0.1, 0.15) is 33.6 Å². The highest BCUT2D eigenvalue weighted by Crippen LogP contribution is 2.62. The van der Waals surface area contributed by atoms with Crippen LogP contribution in [-0.4, -0.2) is 12.3 Å². The predicted molar refractivity (Wildman–Crippen MR) is 162 cm³/mol. The molecule has 1 fully saturated rings. The lowest BCUT2D eigenvalue weighted by Crippen LogP contribution is -2.39. The Balaban J connectivity index is 1.44. The van der Waals surface area contributed by atoms with Crippen molar-refractivity contribution in [2.75, 3.05) is 12.3 Å². The molecule has 0 radical (unpaired) electrons. The molecule has 4 aromatic carbocycles. The third kappa shape index (κ3) is 5.23. The molecule has 4 aromatic rings. The largest absolute Gasteiger partial charge is 0.0622 e. The van der Waals surface area contributed by atoms with Crippen LogP contribution in [0.15, 0.2) is 121 Å². The van der Waals surface area contributed by atoms with Gasteiger partial charge in [0.1, 0.15) is 0 Å². The maximum Gasteiger partial charge on any atom is -0.0186 e. The van der Waals surface area contributed by atoms with Crippen molar-refractivity contribution in [2.45, 2.75) is 33.6 Å². The summed E-state index contributed by atoms with van der Waals surface area (Å²) >= 11 is 0. The van der Waals surface area contributed by atoms with Gasteiger partial charge in [-0.1, -0.05) is 142 Å². The lowest BCUT2D eigenvalue weighted by atomic mass is 9.67. The van der Waals surface area contributed by atoms with Gasteiger partial charge >= 0.3 is 0 Å². The molecule has 5 rings (SSSR count). The van der Waals surface area contributed by atoms with Crippen LogP contribution in [0, 0.1) is 16.7 Å². The highest BCUT2D eigenvalue weighted by molar-refractivity contribution is 7.73. The van der Waals surface area contributed by atoms with Crippen LogP contribution in [-0.2, 0) is 0 Å². The molecule has 0 amide bonds. The van der Waals surface area contributed by atoms with E-state index < -0.39 is 7.92 Å². The average molecular weight is 509 g/mol. The second-order valence-corrected chi connectivity index (χ2v) is 15.5. The lowest BCUT2D eigenvalue weighted by Gasteiger charge is -2.45. The Morgan fingerprint density at radius 2 is 0.917 bits per heavy atom. The zero-order valence-electron chi connectivity index (χ0n) is 21.8. The normalized spacial score (nSPS) is 21.2. The summed E-state index contributed by atoms with van der Waals surface area (Å²) in [4.78, 5) is 0. The summed E-state index contributed by atoms with van der Waals surface area (Å²) in [7, 11) is -0.755. The van der Waals surface area contributed by atoms with Crippen LogP contribution in [0.3, 0.4) is 0 Å². The van der Waals surface area contributed by atoms with Crippen molar-refractivity contribution in [3.05, 3.63) is 121 Å². The molecule has 0 saturated heterocycles. The Morgan fingerprint density at radius 1 is 0.556 bits per heavy atom. The average Bonchev–Trinajstić information content (AvgIpc) is 3.15. The molecule has 184 valence electrons. The summed E-state index contributed by atoms with van der Waals surface area (Å²) in [5, 5.41) is 6.04. The minimum Gasteiger partial charge on any atom is -0.0622 e. The van der Waals surface area contributed by atoms with Crippen LogP contribution >= 0.6 is 15.8 Å². The van der Waals surface area contributed by atoms with Crippen LogP contribution < -0.4 is 21.2 Å². The maximum atomic E-state index is 2.60. The van der Waals surface area contributed by atoms with Crippen LogP contribution in [0.25, 0.3) is 0 Å². The van der Waals surface area contributed by atoms with Crippen LogP contribution in [0.5, 0.6) is 0 Å². The van der Waals surface area contributed by atoms with E-state index in [2.05, 4.69) is 142 Å². The highest BCUT2D eigenvalue weighted by Gasteiger charge is 2.52. The molecule has 0 N–H and O–H groups in total. The molecular weight excluding hydrogens is 470 g/mol. The second-order valence-electron chi connectivity index (χ2n) is 11.1. The van der Waals surface area contributed by atoms with Gasteiger partial charge in [0, 0.05) is 0 Å². The van der Waals surface area contributed by atoms with Gasteiger partial charge in [-0.2, -0.15) is 0 Å². The molecule has 36 heavy (non-hydrogen) atoms. The van der Waals surface area contributed by atoms with Gasteiger partial charge in [-0.3, -0.25) is 0 Å². The Kier molecular flexibility index (Phi) is 7.76. The van der Waals surface area contributed by atoms with E-state index >= 15 is 0 Å². The Labute approximate surface area is 220 Å². The van der Waals surface area contributed by atoms with Gasteiger partial charge in [0.05, 0.1) is 0 Å². The predicted octanol–water partition coefficient (Wildman–Crippen LogP) is 7.69. The monoisotopic (exact) mass is 508 g/mol. The van der Waals surface area contributed by atoms with Crippen molar-refractivity contribution >= 4 is 37.1 Å². The van der Waals surface area contributed by atoms with E-state index in [0.29, 0.717) is 5.41 Å². The van der Waals surface area contributed by atoms with Crippen molar-refractivity contribution in [1.82, 2.24) is 0 Å². The van der Waals surface area contributed by atoms with Crippen molar-refractivity contribution in [1.29, 1.82) is 0 Å². The first-order valence-corrected chi connectivity index (χ1v) is 16.3. The summed E-state index contributed by atoms with van der Waals surface area (Å²) in [6, 6.07) is 45.1. The van der Waals surface area contributed by atoms with Crippen molar-refractivity contribution in [2.24, 2.45) is 16.7 Å². The molecule has 0 nitrogen and oxygen atoms in total. The van der Waals surface area contributed by atoms with E-state index in [0.717, 1.165) is 5.92 Å². The minimum absolute atomic E-state index is 0.279. The first kappa shape index (κ1) is 25.4. The van der Waals surface area contributed by atoms with E-state index in [4.69, 9.17) is 0 Å². The summed E-state index contributed by atoms with van der Waals surface area (Å²) in [5.41, 5.74) is 0.588. The molecule has 0 bridgehead atoms. The first-order chi connectivity index (χ1) is 17.5. The lowest BCUT2D eigenvalue weighted by molar-refractivity contribution is 0.122. The number of benzene rings is 4. The van der Waals surface area contributed by atoms with E-state index in [-0.39, 0.29) is 13.3 Å². The standard InChI is InChI=1S/C34H38P2/c1-33(2)28(26-35(29-16-8-4-9-17-29)30-18-10-5-11-19-30)24-25-34(33,3)27-36(31-20-12-6-13-21-31)32-22-14-7-15-23-32/h4-23,28H,24-27H2,1-3H3. The smallest absolute Gasteiger partial charge is 0.0186 e. The summed E-state index contributed by atoms with van der Waals surface area (Å²) < 4.78 is 0. The van der Waals surface area contributed by atoms with Gasteiger partial charge in [-0.25, -0.2) is 0 Å². The fourth-order valence-electron chi connectivity index (χ4n) is 5.96. The zero-order chi connectivity index (χ0) is 25.0. The highest BCUT2D eigenvalue weighted by atomic mass is 31.1. The quantitative estimate of drug-likeness (QED) is 0.214. The molecular formula is C34H38P2. The van der Waals surface area contributed by atoms with Gasteiger partial charge < -0.3 is 0 Å². The molecule has 0 aliphatic heterocycles. The fourth-order valence-corrected chi connectivity index (χ4v) is 11.8. The third-order valence-corrected chi connectivity index (χ3v) is 14.3. The Hall–Kier alpha value is -2.26. The van der Waals surface area contributed by atoms with E-state index in [9.17, 15) is 0 Å². The topological polar surface area (TPSA) is 0 Å². The van der Waals surface area contributed by atoms with E-state index in [1.807, 2.05) is 0 Å². The molecule has 2 unspecified atom stereocenters. The molecule has 2 heteroatoms. The van der Waals surface area contributed by atoms with Crippen molar-refractivity contribution in [3.8, 4) is 0 Å². The summed E-state index contributed by atoms with van der Waals surface area (Å²) in [5.74, 6) is 0.720. The molecule has 0 aromatic heterocycles. The van der Waals surface area contributed by atoms with Gasteiger partial charge in [0.2, 0.25) is 0 Å². The minimum atomic E-state index is -0.391. The van der Waals surface area contributed by atoms with Gasteiger partial charge in [0.25, 0.3) is 0 Å². The molecule has 2 atom stereocenters. The molecule has 0 spiro atoms. The number of hydrogen-bond donors (Lipinski definition) is 0. The Morgan fingerprint density at radius 3 is 1.31 bits per heavy atom. The zero-order valence-corrected chi connectivity index (χ0v) is 23.6. The molecule has 0 heterocycles. The molecule has 1 aliphatic carbocycles. The number of hydrogen-bond acceptors (Lipinski definition) is 0. The SMILES string of the molecule is CC1(CP(c2ccccc2)c2ccccc2)CCC(CP(c2ccccc2)c2ccccc2)C1(C)C. The van der Waals surface area contributed by atoms with Gasteiger partial charge in [-0.15, -0.1) is 0 Å². The van der Waals surface area contributed by atoms with Gasteiger partial charge in [0.15, 0.2) is 0 Å². The van der Waals surface area contributed by atoms with Crippen molar-refractivity contribution in [3.63, 3.8) is 0 Å². The first-order valence-electron chi connectivity index (χ1n) is 13.2. The van der Waals surface area contributed by atoms with E-state index in [1.54, 1.807) is 0 Å². The van der Waals surface area contributed by atoms with E-state index in [1.165, 1.54) is 46.4 Å². The number of rotatable bonds is 8. The maximum absolute atomic E-state index is 2.60. The summed E-state index contributed by atoms with van der Waals surface area (Å²) in [6.45, 7) is 7.76. The van der Waals surface area contributed by atoms with Gasteiger partial charge in [-0.05, 0) is 79.0 Å².